The van der Waals surface area contributed by atoms with Crippen molar-refractivity contribution in [3.05, 3.63) is 82.7 Å². The summed E-state index contributed by atoms with van der Waals surface area (Å²) in [6, 6.07) is 18.1. The number of esters is 1. The van der Waals surface area contributed by atoms with Crippen LogP contribution in [0.4, 0.5) is 0 Å². The van der Waals surface area contributed by atoms with E-state index in [2.05, 4.69) is 17.1 Å². The summed E-state index contributed by atoms with van der Waals surface area (Å²) in [5, 5.41) is 9.84. The number of ether oxygens (including phenoxy) is 1. The molecule has 0 saturated carbocycles. The highest BCUT2D eigenvalue weighted by Gasteiger charge is 2.20. The van der Waals surface area contributed by atoms with Crippen molar-refractivity contribution in [1.82, 2.24) is 4.98 Å². The lowest BCUT2D eigenvalue weighted by molar-refractivity contribution is 0.0465. The molecule has 0 amide bonds. The van der Waals surface area contributed by atoms with Gasteiger partial charge in [0.25, 0.3) is 0 Å². The van der Waals surface area contributed by atoms with E-state index in [1.54, 1.807) is 6.92 Å². The van der Waals surface area contributed by atoms with Gasteiger partial charge in [-0.15, -0.1) is 0 Å². The number of aromatic nitrogens is 1. The SMILES string of the molecule is Cc1[nH]c(C(=O)OCc2ccc(-c3ccccc3)cc2)c(C)c1[C@@H](C)O. The Morgan fingerprint density at radius 1 is 1.04 bits per heavy atom. The topological polar surface area (TPSA) is 62.3 Å². The first kappa shape index (κ1) is 18.0. The third-order valence-corrected chi connectivity index (χ3v) is 4.55. The van der Waals surface area contributed by atoms with Gasteiger partial charge in [-0.3, -0.25) is 0 Å². The van der Waals surface area contributed by atoms with Crippen molar-refractivity contribution in [3.63, 3.8) is 0 Å². The van der Waals surface area contributed by atoms with Crippen LogP contribution in [0.1, 0.15) is 45.9 Å². The molecule has 134 valence electrons. The quantitative estimate of drug-likeness (QED) is 0.656. The van der Waals surface area contributed by atoms with E-state index in [9.17, 15) is 9.90 Å². The Balaban J connectivity index is 1.68. The summed E-state index contributed by atoms with van der Waals surface area (Å²) in [6.45, 7) is 5.55. The van der Waals surface area contributed by atoms with Gasteiger partial charge in [-0.05, 0) is 43.0 Å². The van der Waals surface area contributed by atoms with E-state index >= 15 is 0 Å². The first-order chi connectivity index (χ1) is 12.5. The second-order valence-corrected chi connectivity index (χ2v) is 6.48. The minimum Gasteiger partial charge on any atom is -0.456 e. The molecule has 0 radical (unpaired) electrons. The molecule has 4 nitrogen and oxygen atoms in total. The van der Waals surface area contributed by atoms with Crippen LogP contribution < -0.4 is 0 Å². The van der Waals surface area contributed by atoms with Crippen LogP contribution in [0.15, 0.2) is 54.6 Å². The first-order valence-electron chi connectivity index (χ1n) is 8.66. The van der Waals surface area contributed by atoms with Crippen molar-refractivity contribution in [2.45, 2.75) is 33.5 Å². The lowest BCUT2D eigenvalue weighted by atomic mass is 10.0. The van der Waals surface area contributed by atoms with Gasteiger partial charge in [0.15, 0.2) is 0 Å². The first-order valence-corrected chi connectivity index (χ1v) is 8.66. The van der Waals surface area contributed by atoms with Crippen LogP contribution in [-0.4, -0.2) is 16.1 Å². The lowest BCUT2D eigenvalue weighted by Gasteiger charge is -2.07. The molecule has 4 heteroatoms. The van der Waals surface area contributed by atoms with Crippen LogP contribution in [0.3, 0.4) is 0 Å². The van der Waals surface area contributed by atoms with Gasteiger partial charge in [0.1, 0.15) is 12.3 Å². The van der Waals surface area contributed by atoms with Gasteiger partial charge in [0, 0.05) is 11.3 Å². The van der Waals surface area contributed by atoms with Crippen LogP contribution in [0, 0.1) is 13.8 Å². The summed E-state index contributed by atoms with van der Waals surface area (Å²) in [5.74, 6) is -0.412. The zero-order valence-corrected chi connectivity index (χ0v) is 15.2. The number of aliphatic hydroxyl groups excluding tert-OH is 1. The summed E-state index contributed by atoms with van der Waals surface area (Å²) in [7, 11) is 0. The fourth-order valence-corrected chi connectivity index (χ4v) is 3.24. The number of aryl methyl sites for hydroxylation is 1. The van der Waals surface area contributed by atoms with Gasteiger partial charge in [0.05, 0.1) is 6.10 Å². The number of H-pyrrole nitrogens is 1. The molecule has 26 heavy (non-hydrogen) atoms. The van der Waals surface area contributed by atoms with Crippen molar-refractivity contribution in [1.29, 1.82) is 0 Å². The molecule has 2 N–H and O–H groups in total. The maximum absolute atomic E-state index is 12.4. The van der Waals surface area contributed by atoms with Crippen molar-refractivity contribution in [2.75, 3.05) is 0 Å². The van der Waals surface area contributed by atoms with E-state index in [1.165, 1.54) is 0 Å². The molecule has 2 aromatic carbocycles. The van der Waals surface area contributed by atoms with E-state index in [-0.39, 0.29) is 6.61 Å². The Hall–Kier alpha value is -2.85. The number of aromatic amines is 1. The molecule has 0 bridgehead atoms. The fraction of sp³-hybridized carbons (Fsp3) is 0.227. The Morgan fingerprint density at radius 2 is 1.65 bits per heavy atom. The third kappa shape index (κ3) is 3.70. The van der Waals surface area contributed by atoms with Crippen LogP contribution in [0.5, 0.6) is 0 Å². The van der Waals surface area contributed by atoms with Crippen LogP contribution in [-0.2, 0) is 11.3 Å². The Bertz CT molecular complexity index is 893. The molecule has 3 rings (SSSR count). The van der Waals surface area contributed by atoms with Gasteiger partial charge in [0.2, 0.25) is 0 Å². The van der Waals surface area contributed by atoms with E-state index in [0.717, 1.165) is 33.5 Å². The fourth-order valence-electron chi connectivity index (χ4n) is 3.24. The number of nitrogens with one attached hydrogen (secondary N) is 1. The second-order valence-electron chi connectivity index (χ2n) is 6.48. The molecule has 1 heterocycles. The molecule has 0 aliphatic carbocycles. The maximum Gasteiger partial charge on any atom is 0.355 e. The molecule has 1 atom stereocenters. The zero-order valence-electron chi connectivity index (χ0n) is 15.2. The Kier molecular flexibility index (Phi) is 5.24. The summed E-state index contributed by atoms with van der Waals surface area (Å²) < 4.78 is 5.44. The largest absolute Gasteiger partial charge is 0.456 e. The molecule has 0 fully saturated rings. The number of benzene rings is 2. The molecule has 0 saturated heterocycles. The second kappa shape index (κ2) is 7.58. The van der Waals surface area contributed by atoms with Crippen molar-refractivity contribution < 1.29 is 14.6 Å². The van der Waals surface area contributed by atoms with Gasteiger partial charge >= 0.3 is 5.97 Å². The monoisotopic (exact) mass is 349 g/mol. The highest BCUT2D eigenvalue weighted by molar-refractivity contribution is 5.89. The number of hydrogen-bond acceptors (Lipinski definition) is 3. The number of rotatable bonds is 5. The zero-order chi connectivity index (χ0) is 18.7. The molecular formula is C22H23NO3. The van der Waals surface area contributed by atoms with E-state index in [1.807, 2.05) is 56.3 Å². The predicted octanol–water partition coefficient (Wildman–Crippen LogP) is 4.71. The number of hydrogen-bond donors (Lipinski definition) is 2. The smallest absolute Gasteiger partial charge is 0.355 e. The molecule has 3 aromatic rings. The molecule has 1 aromatic heterocycles. The number of aliphatic hydroxyl groups is 1. The van der Waals surface area contributed by atoms with E-state index in [0.29, 0.717) is 5.69 Å². The minimum absolute atomic E-state index is 0.204. The van der Waals surface area contributed by atoms with E-state index < -0.39 is 12.1 Å². The average Bonchev–Trinajstić information content (AvgIpc) is 2.95. The highest BCUT2D eigenvalue weighted by atomic mass is 16.5. The Morgan fingerprint density at radius 3 is 2.23 bits per heavy atom. The van der Waals surface area contributed by atoms with Crippen LogP contribution >= 0.6 is 0 Å². The number of carbonyl (C=O) groups excluding carboxylic acids is 1. The summed E-state index contributed by atoms with van der Waals surface area (Å²) in [4.78, 5) is 15.4. The van der Waals surface area contributed by atoms with Gasteiger partial charge in [-0.2, -0.15) is 0 Å². The highest BCUT2D eigenvalue weighted by Crippen LogP contribution is 2.25. The molecule has 0 spiro atoms. The molecule has 0 aliphatic heterocycles. The summed E-state index contributed by atoms with van der Waals surface area (Å²) in [5.41, 5.74) is 5.88. The maximum atomic E-state index is 12.4. The van der Waals surface area contributed by atoms with E-state index in [4.69, 9.17) is 4.74 Å². The van der Waals surface area contributed by atoms with Gasteiger partial charge < -0.3 is 14.8 Å². The van der Waals surface area contributed by atoms with Crippen LogP contribution in [0.25, 0.3) is 11.1 Å². The van der Waals surface area contributed by atoms with Gasteiger partial charge in [-0.1, -0.05) is 54.6 Å². The van der Waals surface area contributed by atoms with Crippen molar-refractivity contribution in [2.24, 2.45) is 0 Å². The van der Waals surface area contributed by atoms with Crippen LogP contribution in [0.2, 0.25) is 0 Å². The standard InChI is InChI=1S/C22H23NO3/c1-14-20(16(3)24)15(2)23-21(14)22(25)26-13-17-9-11-19(12-10-17)18-7-5-4-6-8-18/h4-12,16,23-24H,13H2,1-3H3/t16-/m1/s1. The molecule has 0 unspecified atom stereocenters. The Labute approximate surface area is 153 Å². The van der Waals surface area contributed by atoms with Crippen molar-refractivity contribution >= 4 is 5.97 Å². The lowest BCUT2D eigenvalue weighted by Crippen LogP contribution is -2.07. The minimum atomic E-state index is -0.627. The molecular weight excluding hydrogens is 326 g/mol. The molecule has 0 aliphatic rings. The van der Waals surface area contributed by atoms with Gasteiger partial charge in [-0.25, -0.2) is 4.79 Å². The van der Waals surface area contributed by atoms with Crippen molar-refractivity contribution in [3.8, 4) is 11.1 Å². The summed E-state index contributed by atoms with van der Waals surface area (Å²) >= 11 is 0. The number of carbonyl (C=O) groups is 1. The third-order valence-electron chi connectivity index (χ3n) is 4.55. The summed E-state index contributed by atoms with van der Waals surface area (Å²) in [6.07, 6.45) is -0.627. The predicted molar refractivity (Wildman–Crippen MR) is 102 cm³/mol. The average molecular weight is 349 g/mol. The normalized spacial score (nSPS) is 12.0.